The summed E-state index contributed by atoms with van der Waals surface area (Å²) in [7, 11) is 1.50. The molecule has 1 atom stereocenters. The summed E-state index contributed by atoms with van der Waals surface area (Å²) in [6, 6.07) is 4.61. The van der Waals surface area contributed by atoms with Crippen molar-refractivity contribution in [3.8, 4) is 0 Å². The van der Waals surface area contributed by atoms with Gasteiger partial charge < -0.3 is 15.4 Å². The van der Waals surface area contributed by atoms with Crippen LogP contribution in [0.25, 0.3) is 0 Å². The van der Waals surface area contributed by atoms with E-state index in [4.69, 9.17) is 4.74 Å². The standard InChI is InChI=1S/C17H24F3N3O2.HI/c1-11(12-7-6-8-13(9-12)17(18,19)20)23-15(21-5)22-10-14(24)25-16(2,3)4;/h6-9,11H,10H2,1-5H3,(H2,21,22,23);1H. The van der Waals surface area contributed by atoms with Crippen LogP contribution in [0, 0.1) is 0 Å². The van der Waals surface area contributed by atoms with Crippen LogP contribution < -0.4 is 10.6 Å². The highest BCUT2D eigenvalue weighted by Gasteiger charge is 2.30. The van der Waals surface area contributed by atoms with Crippen LogP contribution in [0.3, 0.4) is 0 Å². The average molecular weight is 487 g/mol. The molecule has 2 N–H and O–H groups in total. The predicted molar refractivity (Wildman–Crippen MR) is 106 cm³/mol. The van der Waals surface area contributed by atoms with E-state index in [1.807, 2.05) is 0 Å². The fourth-order valence-corrected chi connectivity index (χ4v) is 2.00. The minimum Gasteiger partial charge on any atom is -0.459 e. The third-order valence-corrected chi connectivity index (χ3v) is 3.11. The third-order valence-electron chi connectivity index (χ3n) is 3.11. The van der Waals surface area contributed by atoms with E-state index in [0.29, 0.717) is 5.56 Å². The summed E-state index contributed by atoms with van der Waals surface area (Å²) in [5.74, 6) is -0.169. The van der Waals surface area contributed by atoms with Crippen LogP contribution in [0.1, 0.15) is 44.9 Å². The summed E-state index contributed by atoms with van der Waals surface area (Å²) in [5, 5.41) is 5.72. The Morgan fingerprint density at radius 1 is 1.27 bits per heavy atom. The normalized spacial score (nSPS) is 13.5. The molecule has 0 radical (unpaired) electrons. The van der Waals surface area contributed by atoms with Gasteiger partial charge in [0, 0.05) is 7.05 Å². The second-order valence-electron chi connectivity index (χ2n) is 6.50. The van der Waals surface area contributed by atoms with Crippen molar-refractivity contribution >= 4 is 35.9 Å². The molecule has 0 saturated heterocycles. The van der Waals surface area contributed by atoms with Crippen molar-refractivity contribution in [3.63, 3.8) is 0 Å². The van der Waals surface area contributed by atoms with Crippen LogP contribution in [0.15, 0.2) is 29.3 Å². The van der Waals surface area contributed by atoms with Crippen molar-refractivity contribution in [1.29, 1.82) is 0 Å². The van der Waals surface area contributed by atoms with Crippen molar-refractivity contribution in [3.05, 3.63) is 35.4 Å². The first kappa shape index (κ1) is 24.5. The zero-order valence-corrected chi connectivity index (χ0v) is 17.7. The lowest BCUT2D eigenvalue weighted by atomic mass is 10.1. The van der Waals surface area contributed by atoms with Crippen LogP contribution in [0.4, 0.5) is 13.2 Å². The molecule has 0 aromatic heterocycles. The molecule has 1 aromatic carbocycles. The van der Waals surface area contributed by atoms with Crippen LogP contribution in [-0.2, 0) is 15.7 Å². The van der Waals surface area contributed by atoms with Gasteiger partial charge in [0.15, 0.2) is 5.96 Å². The Balaban J connectivity index is 0.00000625. The van der Waals surface area contributed by atoms with E-state index < -0.39 is 29.4 Å². The molecule has 0 fully saturated rings. The molecule has 0 aliphatic rings. The van der Waals surface area contributed by atoms with E-state index >= 15 is 0 Å². The van der Waals surface area contributed by atoms with Gasteiger partial charge in [-0.2, -0.15) is 13.2 Å². The maximum Gasteiger partial charge on any atom is 0.416 e. The summed E-state index contributed by atoms with van der Waals surface area (Å²) in [6.45, 7) is 6.87. The van der Waals surface area contributed by atoms with E-state index in [-0.39, 0.29) is 36.5 Å². The Labute approximate surface area is 168 Å². The number of carbonyl (C=O) groups excluding carboxylic acids is 1. The molecule has 1 rings (SSSR count). The predicted octanol–water partition coefficient (Wildman–Crippen LogP) is 3.89. The first-order valence-corrected chi connectivity index (χ1v) is 7.78. The fraction of sp³-hybridized carbons (Fsp3) is 0.529. The number of hydrogen-bond donors (Lipinski definition) is 2. The molecule has 0 saturated carbocycles. The molecular formula is C17H25F3IN3O2. The Hall–Kier alpha value is -1.52. The van der Waals surface area contributed by atoms with E-state index in [2.05, 4.69) is 15.6 Å². The third kappa shape index (κ3) is 8.72. The van der Waals surface area contributed by atoms with Crippen LogP contribution in [0.2, 0.25) is 0 Å². The molecule has 0 aliphatic heterocycles. The molecule has 0 spiro atoms. The number of carbonyl (C=O) groups is 1. The SMILES string of the molecule is CN=C(NCC(=O)OC(C)(C)C)NC(C)c1cccc(C(F)(F)F)c1.I. The number of nitrogens with one attached hydrogen (secondary N) is 2. The van der Waals surface area contributed by atoms with Crippen molar-refractivity contribution in [2.45, 2.75) is 45.5 Å². The first-order chi connectivity index (χ1) is 11.4. The molecule has 0 aliphatic carbocycles. The molecule has 0 heterocycles. The number of hydrogen-bond acceptors (Lipinski definition) is 3. The summed E-state index contributed by atoms with van der Waals surface area (Å²) >= 11 is 0. The van der Waals surface area contributed by atoms with Gasteiger partial charge in [-0.3, -0.25) is 9.79 Å². The first-order valence-electron chi connectivity index (χ1n) is 7.78. The number of alkyl halides is 3. The number of aliphatic imine (C=N–C) groups is 1. The molecule has 26 heavy (non-hydrogen) atoms. The van der Waals surface area contributed by atoms with Gasteiger partial charge in [0.25, 0.3) is 0 Å². The van der Waals surface area contributed by atoms with Gasteiger partial charge in [0.05, 0.1) is 11.6 Å². The molecule has 9 heteroatoms. The van der Waals surface area contributed by atoms with E-state index in [9.17, 15) is 18.0 Å². The van der Waals surface area contributed by atoms with E-state index in [1.165, 1.54) is 13.1 Å². The van der Waals surface area contributed by atoms with Gasteiger partial charge in [-0.1, -0.05) is 12.1 Å². The Bertz CT molecular complexity index is 628. The van der Waals surface area contributed by atoms with Crippen molar-refractivity contribution < 1.29 is 22.7 Å². The van der Waals surface area contributed by atoms with Gasteiger partial charge in [0.2, 0.25) is 0 Å². The number of ether oxygens (including phenoxy) is 1. The lowest BCUT2D eigenvalue weighted by molar-refractivity contribution is -0.153. The van der Waals surface area contributed by atoms with Gasteiger partial charge in [0.1, 0.15) is 12.1 Å². The lowest BCUT2D eigenvalue weighted by Crippen LogP contribution is -2.42. The number of halogens is 4. The van der Waals surface area contributed by atoms with Crippen LogP contribution >= 0.6 is 24.0 Å². The number of guanidine groups is 1. The minimum absolute atomic E-state index is 0. The molecule has 1 unspecified atom stereocenters. The highest BCUT2D eigenvalue weighted by atomic mass is 127. The quantitative estimate of drug-likeness (QED) is 0.293. The van der Waals surface area contributed by atoms with Crippen LogP contribution in [-0.4, -0.2) is 31.1 Å². The number of esters is 1. The van der Waals surface area contributed by atoms with Gasteiger partial charge >= 0.3 is 12.1 Å². The molecule has 5 nitrogen and oxygen atoms in total. The van der Waals surface area contributed by atoms with Crippen molar-refractivity contribution in [2.75, 3.05) is 13.6 Å². The zero-order chi connectivity index (χ0) is 19.3. The van der Waals surface area contributed by atoms with Gasteiger partial charge in [-0.25, -0.2) is 0 Å². The lowest BCUT2D eigenvalue weighted by Gasteiger charge is -2.21. The van der Waals surface area contributed by atoms with E-state index in [0.717, 1.165) is 12.1 Å². The summed E-state index contributed by atoms with van der Waals surface area (Å²) in [6.07, 6.45) is -4.40. The zero-order valence-electron chi connectivity index (χ0n) is 15.4. The molecule has 148 valence electrons. The van der Waals surface area contributed by atoms with Crippen molar-refractivity contribution in [1.82, 2.24) is 10.6 Å². The summed E-state index contributed by atoms with van der Waals surface area (Å²) in [4.78, 5) is 15.7. The summed E-state index contributed by atoms with van der Waals surface area (Å²) in [5.41, 5.74) is -0.855. The Kier molecular flexibility index (Phi) is 9.40. The molecule has 0 amide bonds. The molecular weight excluding hydrogens is 462 g/mol. The van der Waals surface area contributed by atoms with Gasteiger partial charge in [-0.15, -0.1) is 24.0 Å². The topological polar surface area (TPSA) is 62.7 Å². The van der Waals surface area contributed by atoms with Crippen LogP contribution in [0.5, 0.6) is 0 Å². The monoisotopic (exact) mass is 487 g/mol. The maximum absolute atomic E-state index is 12.8. The second kappa shape index (κ2) is 9.98. The largest absolute Gasteiger partial charge is 0.459 e. The second-order valence-corrected chi connectivity index (χ2v) is 6.50. The number of benzene rings is 1. The minimum atomic E-state index is -4.40. The van der Waals surface area contributed by atoms with E-state index in [1.54, 1.807) is 33.8 Å². The molecule has 1 aromatic rings. The Morgan fingerprint density at radius 2 is 1.88 bits per heavy atom. The highest BCUT2D eigenvalue weighted by Crippen LogP contribution is 2.30. The average Bonchev–Trinajstić information content (AvgIpc) is 2.48. The number of rotatable bonds is 4. The van der Waals surface area contributed by atoms with Gasteiger partial charge in [-0.05, 0) is 45.4 Å². The fourth-order valence-electron chi connectivity index (χ4n) is 2.00. The maximum atomic E-state index is 12.8. The van der Waals surface area contributed by atoms with Crippen molar-refractivity contribution in [2.24, 2.45) is 4.99 Å². The Morgan fingerprint density at radius 3 is 2.38 bits per heavy atom. The number of nitrogens with zero attached hydrogens (tertiary/aromatic N) is 1. The molecule has 0 bridgehead atoms. The highest BCUT2D eigenvalue weighted by molar-refractivity contribution is 14.0. The summed E-state index contributed by atoms with van der Waals surface area (Å²) < 4.78 is 43.6. The smallest absolute Gasteiger partial charge is 0.416 e.